The molecule has 1 atom stereocenters. The maximum absolute atomic E-state index is 5.37. The molecule has 8 heteroatoms. The van der Waals surface area contributed by atoms with Crippen LogP contribution in [0, 0.1) is 0 Å². The number of hydrogen-bond donors (Lipinski definition) is 2. The second-order valence-corrected chi connectivity index (χ2v) is 7.24. The van der Waals surface area contributed by atoms with Gasteiger partial charge in [-0.3, -0.25) is 9.89 Å². The summed E-state index contributed by atoms with van der Waals surface area (Å²) in [5.41, 5.74) is 1.21. The van der Waals surface area contributed by atoms with Gasteiger partial charge in [-0.2, -0.15) is 0 Å². The van der Waals surface area contributed by atoms with E-state index in [0.717, 1.165) is 63.0 Å². The highest BCUT2D eigenvalue weighted by molar-refractivity contribution is 14.0. The summed E-state index contributed by atoms with van der Waals surface area (Å²) in [6.45, 7) is 4.95. The monoisotopic (exact) mass is 505 g/mol. The number of aliphatic imine (C=N–C) groups is 1. The fourth-order valence-electron chi connectivity index (χ4n) is 3.30. The van der Waals surface area contributed by atoms with Crippen LogP contribution >= 0.6 is 24.0 Å². The Morgan fingerprint density at radius 3 is 2.46 bits per heavy atom. The van der Waals surface area contributed by atoms with Gasteiger partial charge in [-0.05, 0) is 51.2 Å². The molecule has 0 radical (unpaired) electrons. The van der Waals surface area contributed by atoms with Crippen LogP contribution < -0.4 is 20.1 Å². The maximum atomic E-state index is 5.37. The van der Waals surface area contributed by atoms with Crippen molar-refractivity contribution in [2.45, 2.75) is 25.4 Å². The lowest BCUT2D eigenvalue weighted by Gasteiger charge is -2.19. The topological polar surface area (TPSA) is 61.4 Å². The Morgan fingerprint density at radius 1 is 1.21 bits per heavy atom. The highest BCUT2D eigenvalue weighted by Crippen LogP contribution is 2.24. The molecule has 7 nitrogen and oxygen atoms in total. The lowest BCUT2D eigenvalue weighted by molar-refractivity contribution is 0.321. The van der Waals surface area contributed by atoms with E-state index in [1.807, 2.05) is 13.1 Å². The molecule has 1 aromatic carbocycles. The second kappa shape index (κ2) is 13.1. The highest BCUT2D eigenvalue weighted by atomic mass is 127. The molecule has 2 rings (SSSR count). The molecule has 1 aliphatic rings. The molecular weight excluding hydrogens is 469 g/mol. The van der Waals surface area contributed by atoms with Gasteiger partial charge < -0.3 is 25.0 Å². The summed E-state index contributed by atoms with van der Waals surface area (Å²) in [5.74, 6) is 2.56. The number of nitrogens with zero attached hydrogens (tertiary/aromatic N) is 3. The largest absolute Gasteiger partial charge is 0.497 e. The lowest BCUT2D eigenvalue weighted by Crippen LogP contribution is -2.45. The molecule has 1 unspecified atom stereocenters. The number of ether oxygens (including phenoxy) is 2. The van der Waals surface area contributed by atoms with E-state index in [1.165, 1.54) is 5.56 Å². The molecule has 1 fully saturated rings. The molecule has 2 N–H and O–H groups in total. The van der Waals surface area contributed by atoms with Crippen molar-refractivity contribution in [3.63, 3.8) is 0 Å². The van der Waals surface area contributed by atoms with Crippen LogP contribution in [0.25, 0.3) is 0 Å². The van der Waals surface area contributed by atoms with Gasteiger partial charge in [0.15, 0.2) is 5.96 Å². The molecule has 1 aliphatic heterocycles. The van der Waals surface area contributed by atoms with Gasteiger partial charge in [-0.25, -0.2) is 0 Å². The maximum Gasteiger partial charge on any atom is 0.191 e. The van der Waals surface area contributed by atoms with E-state index in [4.69, 9.17) is 9.47 Å². The number of guanidine groups is 1. The number of rotatable bonds is 9. The van der Waals surface area contributed by atoms with Gasteiger partial charge in [-0.1, -0.05) is 0 Å². The molecule has 1 saturated heterocycles. The first kappa shape index (κ1) is 24.8. The van der Waals surface area contributed by atoms with Crippen LogP contribution in [0.2, 0.25) is 0 Å². The molecule has 0 saturated carbocycles. The van der Waals surface area contributed by atoms with E-state index in [-0.39, 0.29) is 24.0 Å². The van der Waals surface area contributed by atoms with Crippen LogP contribution in [0.5, 0.6) is 11.5 Å². The first-order valence-electron chi connectivity index (χ1n) is 9.60. The number of nitrogens with one attached hydrogen (secondary N) is 2. The molecule has 28 heavy (non-hydrogen) atoms. The minimum absolute atomic E-state index is 0. The Morgan fingerprint density at radius 2 is 1.89 bits per heavy atom. The van der Waals surface area contributed by atoms with Crippen molar-refractivity contribution >= 4 is 29.9 Å². The molecule has 0 aliphatic carbocycles. The Balaban J connectivity index is 0.00000392. The van der Waals surface area contributed by atoms with E-state index in [1.54, 1.807) is 14.2 Å². The highest BCUT2D eigenvalue weighted by Gasteiger charge is 2.23. The molecular formula is C20H36IN5O2. The van der Waals surface area contributed by atoms with Gasteiger partial charge in [0.1, 0.15) is 11.5 Å². The summed E-state index contributed by atoms with van der Waals surface area (Å²) in [6, 6.07) is 6.48. The number of likely N-dealkylation sites (tertiary alicyclic amines) is 1. The Bertz CT molecular complexity index is 590. The first-order valence-corrected chi connectivity index (χ1v) is 9.60. The number of benzene rings is 1. The summed E-state index contributed by atoms with van der Waals surface area (Å²) in [7, 11) is 9.39. The molecule has 1 heterocycles. The molecule has 1 aromatic rings. The van der Waals surface area contributed by atoms with E-state index >= 15 is 0 Å². The fourth-order valence-corrected chi connectivity index (χ4v) is 3.30. The predicted octanol–water partition coefficient (Wildman–Crippen LogP) is 2.01. The Labute approximate surface area is 186 Å². The third-order valence-corrected chi connectivity index (χ3v) is 4.73. The second-order valence-electron chi connectivity index (χ2n) is 7.24. The summed E-state index contributed by atoms with van der Waals surface area (Å²) < 4.78 is 10.7. The van der Waals surface area contributed by atoms with Crippen molar-refractivity contribution in [1.29, 1.82) is 0 Å². The smallest absolute Gasteiger partial charge is 0.191 e. The molecule has 0 spiro atoms. The minimum atomic E-state index is 0. The zero-order valence-corrected chi connectivity index (χ0v) is 20.2. The average molecular weight is 505 g/mol. The van der Waals surface area contributed by atoms with E-state index in [9.17, 15) is 0 Å². The van der Waals surface area contributed by atoms with E-state index in [2.05, 4.69) is 51.7 Å². The van der Waals surface area contributed by atoms with Crippen molar-refractivity contribution in [2.24, 2.45) is 4.99 Å². The molecule has 0 aromatic heterocycles. The van der Waals surface area contributed by atoms with Crippen LogP contribution in [-0.4, -0.2) is 83.3 Å². The van der Waals surface area contributed by atoms with Gasteiger partial charge >= 0.3 is 0 Å². The minimum Gasteiger partial charge on any atom is -0.497 e. The molecule has 160 valence electrons. The van der Waals surface area contributed by atoms with Gasteiger partial charge in [0, 0.05) is 45.3 Å². The van der Waals surface area contributed by atoms with Crippen LogP contribution in [0.15, 0.2) is 23.2 Å². The zero-order chi connectivity index (χ0) is 19.6. The van der Waals surface area contributed by atoms with Gasteiger partial charge in [0.2, 0.25) is 0 Å². The third kappa shape index (κ3) is 8.40. The molecule has 0 bridgehead atoms. The summed E-state index contributed by atoms with van der Waals surface area (Å²) >= 11 is 0. The SMILES string of the molecule is CN=C(NCCCN(C)C)NC1CCN(Cc2cc(OC)cc(OC)c2)C1.I. The van der Waals surface area contributed by atoms with E-state index in [0.29, 0.717) is 6.04 Å². The normalized spacial score (nSPS) is 17.4. The zero-order valence-electron chi connectivity index (χ0n) is 17.8. The quantitative estimate of drug-likeness (QED) is 0.232. The average Bonchev–Trinajstić information content (AvgIpc) is 3.10. The van der Waals surface area contributed by atoms with Crippen molar-refractivity contribution in [2.75, 3.05) is 61.5 Å². The standard InChI is InChI=1S/C20H35N5O2.HI/c1-21-20(22-8-6-9-24(2)3)23-17-7-10-25(15-17)14-16-11-18(26-4)13-19(12-16)27-5;/h11-13,17H,6-10,14-15H2,1-5H3,(H2,21,22,23);1H. The van der Waals surface area contributed by atoms with Gasteiger partial charge in [0.25, 0.3) is 0 Å². The van der Waals surface area contributed by atoms with Crippen molar-refractivity contribution in [1.82, 2.24) is 20.4 Å². The summed E-state index contributed by atoms with van der Waals surface area (Å²) in [4.78, 5) is 9.00. The van der Waals surface area contributed by atoms with Gasteiger partial charge in [-0.15, -0.1) is 24.0 Å². The Kier molecular flexibility index (Phi) is 11.6. The Hall–Kier alpha value is -1.26. The summed E-state index contributed by atoms with van der Waals surface area (Å²) in [6.07, 6.45) is 2.21. The third-order valence-electron chi connectivity index (χ3n) is 4.73. The van der Waals surface area contributed by atoms with Crippen molar-refractivity contribution in [3.05, 3.63) is 23.8 Å². The first-order chi connectivity index (χ1) is 13.0. The van der Waals surface area contributed by atoms with Crippen LogP contribution in [0.1, 0.15) is 18.4 Å². The van der Waals surface area contributed by atoms with Crippen LogP contribution in [0.4, 0.5) is 0 Å². The number of hydrogen-bond acceptors (Lipinski definition) is 5. The van der Waals surface area contributed by atoms with E-state index < -0.39 is 0 Å². The lowest BCUT2D eigenvalue weighted by atomic mass is 10.2. The summed E-state index contributed by atoms with van der Waals surface area (Å²) in [5, 5.41) is 6.96. The number of halogens is 1. The van der Waals surface area contributed by atoms with Crippen LogP contribution in [-0.2, 0) is 6.54 Å². The van der Waals surface area contributed by atoms with Crippen molar-refractivity contribution in [3.8, 4) is 11.5 Å². The fraction of sp³-hybridized carbons (Fsp3) is 0.650. The van der Waals surface area contributed by atoms with Crippen molar-refractivity contribution < 1.29 is 9.47 Å². The van der Waals surface area contributed by atoms with Crippen LogP contribution in [0.3, 0.4) is 0 Å². The molecule has 0 amide bonds. The van der Waals surface area contributed by atoms with Gasteiger partial charge in [0.05, 0.1) is 14.2 Å². The number of methoxy groups -OCH3 is 2. The predicted molar refractivity (Wildman–Crippen MR) is 126 cm³/mol.